The van der Waals surface area contributed by atoms with Crippen LogP contribution in [0.15, 0.2) is 59.8 Å². The van der Waals surface area contributed by atoms with Crippen molar-refractivity contribution in [2.75, 3.05) is 18.0 Å². The van der Waals surface area contributed by atoms with Gasteiger partial charge in [0.2, 0.25) is 0 Å². The minimum atomic E-state index is 0.176. The topological polar surface area (TPSA) is 59.8 Å². The lowest BCUT2D eigenvalue weighted by Crippen LogP contribution is -2.25. The Bertz CT molecular complexity index is 1120. The van der Waals surface area contributed by atoms with E-state index in [9.17, 15) is 0 Å². The summed E-state index contributed by atoms with van der Waals surface area (Å²) >= 11 is 0. The number of aryl methyl sites for hydroxylation is 2. The van der Waals surface area contributed by atoms with Crippen molar-refractivity contribution < 1.29 is 14.0 Å². The van der Waals surface area contributed by atoms with Crippen LogP contribution in [-0.4, -0.2) is 30.5 Å². The first kappa shape index (κ1) is 21.4. The van der Waals surface area contributed by atoms with E-state index in [1.54, 1.807) is 6.20 Å². The van der Waals surface area contributed by atoms with E-state index < -0.39 is 0 Å². The molecule has 0 spiro atoms. The van der Waals surface area contributed by atoms with E-state index in [4.69, 9.17) is 14.0 Å². The number of nitrogens with one attached hydrogen (secondary N) is 1. The second-order valence-corrected chi connectivity index (χ2v) is 9.00. The highest BCUT2D eigenvalue weighted by Crippen LogP contribution is 2.32. The van der Waals surface area contributed by atoms with E-state index in [1.165, 1.54) is 24.1 Å². The van der Waals surface area contributed by atoms with Crippen molar-refractivity contribution in [2.24, 2.45) is 0 Å². The van der Waals surface area contributed by atoms with Gasteiger partial charge in [0.25, 0.3) is 0 Å². The van der Waals surface area contributed by atoms with Crippen LogP contribution >= 0.6 is 0 Å². The molecule has 2 aliphatic rings. The first-order valence-electron chi connectivity index (χ1n) is 11.7. The van der Waals surface area contributed by atoms with Crippen LogP contribution in [0.4, 0.5) is 5.69 Å². The summed E-state index contributed by atoms with van der Waals surface area (Å²) < 4.78 is 17.3. The van der Waals surface area contributed by atoms with E-state index in [-0.39, 0.29) is 6.10 Å². The van der Waals surface area contributed by atoms with Crippen molar-refractivity contribution >= 4 is 11.4 Å². The van der Waals surface area contributed by atoms with Gasteiger partial charge in [-0.25, -0.2) is 0 Å². The molecule has 0 unspecified atom stereocenters. The summed E-state index contributed by atoms with van der Waals surface area (Å²) in [6.45, 7) is 10.7. The Morgan fingerprint density at radius 2 is 1.82 bits per heavy atom. The van der Waals surface area contributed by atoms with Crippen LogP contribution < -0.4 is 19.7 Å². The van der Waals surface area contributed by atoms with Crippen molar-refractivity contribution in [3.8, 4) is 11.5 Å². The molecule has 1 saturated carbocycles. The molecular formula is C27H31N3O3. The molecule has 6 nitrogen and oxygen atoms in total. The molecule has 0 radical (unpaired) electrons. The van der Waals surface area contributed by atoms with Crippen molar-refractivity contribution in [3.05, 3.63) is 77.7 Å². The van der Waals surface area contributed by atoms with E-state index >= 15 is 0 Å². The third-order valence-electron chi connectivity index (χ3n) is 6.33. The Morgan fingerprint density at radius 1 is 1.06 bits per heavy atom. The highest BCUT2D eigenvalue weighted by molar-refractivity contribution is 5.62. The second-order valence-electron chi connectivity index (χ2n) is 9.00. The van der Waals surface area contributed by atoms with Crippen molar-refractivity contribution in [2.45, 2.75) is 51.9 Å². The summed E-state index contributed by atoms with van der Waals surface area (Å²) in [6, 6.07) is 14.6. The molecule has 172 valence electrons. The van der Waals surface area contributed by atoms with Gasteiger partial charge in [0, 0.05) is 36.5 Å². The van der Waals surface area contributed by atoms with Crippen LogP contribution in [0.2, 0.25) is 0 Å². The number of aromatic nitrogens is 1. The number of rotatable bonds is 9. The minimum Gasteiger partial charge on any atom is -0.490 e. The van der Waals surface area contributed by atoms with Gasteiger partial charge in [0.1, 0.15) is 23.4 Å². The number of hydrogen-bond donors (Lipinski definition) is 1. The Balaban J connectivity index is 1.13. The molecule has 1 aliphatic carbocycles. The fourth-order valence-electron chi connectivity index (χ4n) is 4.20. The molecule has 1 atom stereocenters. The van der Waals surface area contributed by atoms with Crippen LogP contribution in [0.5, 0.6) is 11.5 Å². The number of hydrogen-bond acceptors (Lipinski definition) is 6. The quantitative estimate of drug-likeness (QED) is 0.485. The molecule has 2 fully saturated rings. The fraction of sp³-hybridized carbons (Fsp3) is 0.370. The summed E-state index contributed by atoms with van der Waals surface area (Å²) in [5.41, 5.74) is 5.45. The minimum absolute atomic E-state index is 0.176. The van der Waals surface area contributed by atoms with Gasteiger partial charge in [-0.2, -0.15) is 0 Å². The molecule has 5 rings (SSSR count). The predicted molar refractivity (Wildman–Crippen MR) is 130 cm³/mol. The third-order valence-corrected chi connectivity index (χ3v) is 6.33. The largest absolute Gasteiger partial charge is 0.490 e. The molecule has 2 heterocycles. The Kier molecular flexibility index (Phi) is 5.99. The molecule has 3 aromatic rings. The molecular weight excluding hydrogens is 414 g/mol. The third kappa shape index (κ3) is 5.16. The van der Waals surface area contributed by atoms with Gasteiger partial charge in [0.05, 0.1) is 18.8 Å². The molecule has 2 aromatic carbocycles. The van der Waals surface area contributed by atoms with Crippen LogP contribution in [0, 0.1) is 13.8 Å². The predicted octanol–water partition coefficient (Wildman–Crippen LogP) is 5.25. The van der Waals surface area contributed by atoms with Crippen molar-refractivity contribution in [1.29, 1.82) is 0 Å². The van der Waals surface area contributed by atoms with Gasteiger partial charge in [-0.05, 0) is 80.3 Å². The maximum Gasteiger partial charge on any atom is 0.138 e. The number of ether oxygens (including phenoxy) is 2. The number of benzene rings is 2. The van der Waals surface area contributed by atoms with E-state index in [1.807, 2.05) is 31.2 Å². The molecule has 1 saturated heterocycles. The van der Waals surface area contributed by atoms with Crippen molar-refractivity contribution in [3.63, 3.8) is 0 Å². The fourth-order valence-corrected chi connectivity index (χ4v) is 4.20. The lowest BCUT2D eigenvalue weighted by Gasteiger charge is -2.22. The van der Waals surface area contributed by atoms with Gasteiger partial charge in [0.15, 0.2) is 0 Å². The molecule has 1 N–H and O–H groups in total. The van der Waals surface area contributed by atoms with Gasteiger partial charge < -0.3 is 24.2 Å². The average Bonchev–Trinajstić information content (AvgIpc) is 3.34. The van der Waals surface area contributed by atoms with Gasteiger partial charge >= 0.3 is 0 Å². The molecule has 0 bridgehead atoms. The average molecular weight is 446 g/mol. The summed E-state index contributed by atoms with van der Waals surface area (Å²) in [7, 11) is 0. The molecule has 1 aromatic heterocycles. The highest BCUT2D eigenvalue weighted by atomic mass is 16.5. The maximum atomic E-state index is 6.28. The van der Waals surface area contributed by atoms with Crippen LogP contribution in [0.25, 0.3) is 5.70 Å². The zero-order valence-electron chi connectivity index (χ0n) is 19.3. The summed E-state index contributed by atoms with van der Waals surface area (Å²) in [5.74, 6) is 2.69. The van der Waals surface area contributed by atoms with Crippen molar-refractivity contribution in [1.82, 2.24) is 10.5 Å². The summed E-state index contributed by atoms with van der Waals surface area (Å²) in [4.78, 5) is 2.41. The maximum absolute atomic E-state index is 6.28. The lowest BCUT2D eigenvalue weighted by molar-refractivity contribution is 0.225. The second kappa shape index (κ2) is 9.22. The van der Waals surface area contributed by atoms with Crippen LogP contribution in [0.1, 0.15) is 41.7 Å². The summed E-state index contributed by atoms with van der Waals surface area (Å²) in [6.07, 6.45) is 5.71. The summed E-state index contributed by atoms with van der Waals surface area (Å²) in [5, 5.41) is 7.14. The molecule has 0 amide bonds. The molecule has 1 aliphatic heterocycles. The number of nitrogens with zero attached hydrogens (tertiary/aromatic N) is 2. The van der Waals surface area contributed by atoms with E-state index in [0.29, 0.717) is 12.6 Å². The number of anilines is 1. The molecule has 33 heavy (non-hydrogen) atoms. The Morgan fingerprint density at radius 3 is 2.52 bits per heavy atom. The first-order valence-corrected chi connectivity index (χ1v) is 11.7. The zero-order chi connectivity index (χ0) is 22.8. The smallest absolute Gasteiger partial charge is 0.138 e. The van der Waals surface area contributed by atoms with Crippen LogP contribution in [0.3, 0.4) is 0 Å². The Hall–Kier alpha value is -3.41. The van der Waals surface area contributed by atoms with Crippen LogP contribution in [-0.2, 0) is 6.54 Å². The van der Waals surface area contributed by atoms with Gasteiger partial charge in [-0.15, -0.1) is 0 Å². The van der Waals surface area contributed by atoms with Gasteiger partial charge in [-0.3, -0.25) is 0 Å². The lowest BCUT2D eigenvalue weighted by atomic mass is 10.1. The van der Waals surface area contributed by atoms with Gasteiger partial charge in [-0.1, -0.05) is 11.7 Å². The SMILES string of the molecule is C=C(NCc1cnoc1C)c1ccc(O[C@@H]2CCN(c3ccc(OC4CC4)cc3C)C2)cc1. The zero-order valence-corrected chi connectivity index (χ0v) is 19.3. The van der Waals surface area contributed by atoms with E-state index in [0.717, 1.165) is 53.6 Å². The highest BCUT2D eigenvalue weighted by Gasteiger charge is 2.26. The monoisotopic (exact) mass is 445 g/mol. The standard InChI is InChI=1S/C27H31N3O3/c1-18-14-25(31-24-8-9-24)10-11-27(18)30-13-12-26(17-30)32-23-6-4-21(5-7-23)19(2)28-15-22-16-29-33-20(22)3/h4-7,10-11,14,16,24,26,28H,2,8-9,12-13,15,17H2,1,3H3/t26-/m1/s1. The first-order chi connectivity index (χ1) is 16.0. The normalized spacial score (nSPS) is 17.8. The molecule has 6 heteroatoms. The van der Waals surface area contributed by atoms with E-state index in [2.05, 4.69) is 47.1 Å². The Labute approximate surface area is 195 Å².